The minimum atomic E-state index is -0.168. The fourth-order valence-corrected chi connectivity index (χ4v) is 3.80. The number of benzene rings is 1. The SMILES string of the molecule is Cc1nnc(-c2ccc(NC(=O)N[C@@H]3CCC[C@H]4OCC[C@@H]34)cc2)o1. The van der Waals surface area contributed by atoms with E-state index in [-0.39, 0.29) is 12.1 Å². The zero-order valence-electron chi connectivity index (χ0n) is 14.2. The number of carbonyl (C=O) groups excluding carboxylic acids is 1. The molecule has 2 aromatic rings. The van der Waals surface area contributed by atoms with Gasteiger partial charge in [-0.15, -0.1) is 10.2 Å². The van der Waals surface area contributed by atoms with Crippen LogP contribution in [-0.4, -0.2) is 35.0 Å². The summed E-state index contributed by atoms with van der Waals surface area (Å²) in [4.78, 5) is 12.3. The molecule has 4 rings (SSSR count). The Labute approximate surface area is 146 Å². The van der Waals surface area contributed by atoms with Crippen molar-refractivity contribution in [3.05, 3.63) is 30.2 Å². The summed E-state index contributed by atoms with van der Waals surface area (Å²) in [6, 6.07) is 7.39. The van der Waals surface area contributed by atoms with Crippen LogP contribution in [0.4, 0.5) is 10.5 Å². The number of anilines is 1. The third kappa shape index (κ3) is 3.51. The lowest BCUT2D eigenvalue weighted by atomic mass is 9.82. The van der Waals surface area contributed by atoms with Crippen LogP contribution in [0.1, 0.15) is 31.6 Å². The summed E-state index contributed by atoms with van der Waals surface area (Å²) in [6.45, 7) is 2.56. The maximum atomic E-state index is 12.3. The number of nitrogens with zero attached hydrogens (tertiary/aromatic N) is 2. The molecule has 7 heteroatoms. The van der Waals surface area contributed by atoms with Crippen molar-refractivity contribution in [2.75, 3.05) is 11.9 Å². The molecular formula is C18H22N4O3. The molecule has 1 aromatic carbocycles. The Morgan fingerprint density at radius 2 is 2.00 bits per heavy atom. The van der Waals surface area contributed by atoms with E-state index in [0.29, 0.717) is 23.8 Å². The van der Waals surface area contributed by atoms with E-state index in [4.69, 9.17) is 9.15 Å². The molecule has 2 fully saturated rings. The minimum absolute atomic E-state index is 0.168. The fourth-order valence-electron chi connectivity index (χ4n) is 3.80. The van der Waals surface area contributed by atoms with E-state index in [0.717, 1.165) is 43.5 Å². The van der Waals surface area contributed by atoms with E-state index < -0.39 is 0 Å². The zero-order valence-corrected chi connectivity index (χ0v) is 14.2. The Morgan fingerprint density at radius 1 is 1.16 bits per heavy atom. The standard InChI is InChI=1S/C18H22N4O3/c1-11-21-22-17(25-11)12-5-7-13(8-6-12)19-18(23)20-15-3-2-4-16-14(15)9-10-24-16/h5-8,14-16H,2-4,9-10H2,1H3,(H2,19,20,23)/t14-,15+,16+/m0/s1. The number of fused-ring (bicyclic) bond motifs is 1. The van der Waals surface area contributed by atoms with Gasteiger partial charge in [0.05, 0.1) is 6.10 Å². The number of amides is 2. The number of carbonyl (C=O) groups is 1. The first-order valence-electron chi connectivity index (χ1n) is 8.79. The van der Waals surface area contributed by atoms with E-state index in [1.807, 2.05) is 24.3 Å². The van der Waals surface area contributed by atoms with Crippen LogP contribution in [0.15, 0.2) is 28.7 Å². The molecular weight excluding hydrogens is 320 g/mol. The van der Waals surface area contributed by atoms with Gasteiger partial charge in [-0.2, -0.15) is 0 Å². The van der Waals surface area contributed by atoms with Crippen LogP contribution >= 0.6 is 0 Å². The molecule has 2 heterocycles. The molecule has 0 radical (unpaired) electrons. The summed E-state index contributed by atoms with van der Waals surface area (Å²) in [6.07, 6.45) is 4.59. The van der Waals surface area contributed by atoms with Gasteiger partial charge in [0.1, 0.15) is 0 Å². The number of rotatable bonds is 3. The molecule has 1 aliphatic heterocycles. The highest BCUT2D eigenvalue weighted by Crippen LogP contribution is 2.34. The van der Waals surface area contributed by atoms with Gasteiger partial charge in [0.25, 0.3) is 0 Å². The van der Waals surface area contributed by atoms with E-state index in [1.54, 1.807) is 6.92 Å². The topological polar surface area (TPSA) is 89.3 Å². The number of hydrogen-bond donors (Lipinski definition) is 2. The van der Waals surface area contributed by atoms with Crippen molar-refractivity contribution in [2.45, 2.75) is 44.8 Å². The smallest absolute Gasteiger partial charge is 0.319 e. The molecule has 2 amide bonds. The van der Waals surface area contributed by atoms with Gasteiger partial charge in [0, 0.05) is 36.7 Å². The number of aromatic nitrogens is 2. The van der Waals surface area contributed by atoms with Crippen LogP contribution in [0.3, 0.4) is 0 Å². The van der Waals surface area contributed by atoms with Gasteiger partial charge >= 0.3 is 6.03 Å². The first kappa shape index (κ1) is 16.1. The second-order valence-electron chi connectivity index (χ2n) is 6.70. The van der Waals surface area contributed by atoms with Gasteiger partial charge in [0.2, 0.25) is 11.8 Å². The molecule has 2 N–H and O–H groups in total. The van der Waals surface area contributed by atoms with Crippen LogP contribution in [-0.2, 0) is 4.74 Å². The van der Waals surface area contributed by atoms with Crippen molar-refractivity contribution in [3.8, 4) is 11.5 Å². The molecule has 0 unspecified atom stereocenters. The van der Waals surface area contributed by atoms with Crippen LogP contribution < -0.4 is 10.6 Å². The second-order valence-corrected chi connectivity index (χ2v) is 6.70. The molecule has 132 valence electrons. The van der Waals surface area contributed by atoms with Crippen molar-refractivity contribution in [2.24, 2.45) is 5.92 Å². The largest absolute Gasteiger partial charge is 0.421 e. The monoisotopic (exact) mass is 342 g/mol. The molecule has 0 spiro atoms. The maximum Gasteiger partial charge on any atom is 0.319 e. The van der Waals surface area contributed by atoms with Gasteiger partial charge in [-0.3, -0.25) is 0 Å². The summed E-state index contributed by atoms with van der Waals surface area (Å²) in [7, 11) is 0. The Hall–Kier alpha value is -2.41. The Bertz CT molecular complexity index is 743. The fraction of sp³-hybridized carbons (Fsp3) is 0.500. The normalized spacial score (nSPS) is 25.4. The van der Waals surface area contributed by atoms with Crippen LogP contribution in [0, 0.1) is 12.8 Å². The maximum absolute atomic E-state index is 12.3. The summed E-state index contributed by atoms with van der Waals surface area (Å²) in [5.41, 5.74) is 1.55. The molecule has 3 atom stereocenters. The van der Waals surface area contributed by atoms with E-state index in [9.17, 15) is 4.79 Å². The molecule has 1 aromatic heterocycles. The molecule has 1 saturated carbocycles. The predicted octanol–water partition coefficient (Wildman–Crippen LogP) is 3.12. The summed E-state index contributed by atoms with van der Waals surface area (Å²) >= 11 is 0. The van der Waals surface area contributed by atoms with Crippen LogP contribution in [0.25, 0.3) is 11.5 Å². The first-order valence-corrected chi connectivity index (χ1v) is 8.79. The highest BCUT2D eigenvalue weighted by Gasteiger charge is 2.38. The molecule has 1 aliphatic carbocycles. The van der Waals surface area contributed by atoms with Crippen molar-refractivity contribution in [1.29, 1.82) is 0 Å². The third-order valence-corrected chi connectivity index (χ3v) is 5.01. The predicted molar refractivity (Wildman–Crippen MR) is 92.1 cm³/mol. The van der Waals surface area contributed by atoms with E-state index in [1.165, 1.54) is 0 Å². The Morgan fingerprint density at radius 3 is 2.76 bits per heavy atom. The lowest BCUT2D eigenvalue weighted by Gasteiger charge is -2.33. The molecule has 2 aliphatic rings. The number of nitrogens with one attached hydrogen (secondary N) is 2. The van der Waals surface area contributed by atoms with Gasteiger partial charge in [-0.25, -0.2) is 4.79 Å². The number of hydrogen-bond acceptors (Lipinski definition) is 5. The van der Waals surface area contributed by atoms with Crippen LogP contribution in [0.5, 0.6) is 0 Å². The number of urea groups is 1. The van der Waals surface area contributed by atoms with Gasteiger partial charge in [0.15, 0.2) is 0 Å². The van der Waals surface area contributed by atoms with Crippen molar-refractivity contribution < 1.29 is 13.9 Å². The average Bonchev–Trinajstić information content (AvgIpc) is 3.25. The molecule has 25 heavy (non-hydrogen) atoms. The Kier molecular flexibility index (Phi) is 4.40. The van der Waals surface area contributed by atoms with E-state index in [2.05, 4.69) is 20.8 Å². The average molecular weight is 342 g/mol. The summed E-state index contributed by atoms with van der Waals surface area (Å²) < 4.78 is 11.1. The minimum Gasteiger partial charge on any atom is -0.421 e. The molecule has 7 nitrogen and oxygen atoms in total. The van der Waals surface area contributed by atoms with Crippen LogP contribution in [0.2, 0.25) is 0 Å². The lowest BCUT2D eigenvalue weighted by Crippen LogP contribution is -2.47. The summed E-state index contributed by atoms with van der Waals surface area (Å²) in [5.74, 6) is 1.45. The Balaban J connectivity index is 1.36. The lowest BCUT2D eigenvalue weighted by molar-refractivity contribution is 0.0553. The quantitative estimate of drug-likeness (QED) is 0.894. The third-order valence-electron chi connectivity index (χ3n) is 5.01. The van der Waals surface area contributed by atoms with Crippen molar-refractivity contribution >= 4 is 11.7 Å². The zero-order chi connectivity index (χ0) is 17.2. The summed E-state index contributed by atoms with van der Waals surface area (Å²) in [5, 5.41) is 13.8. The van der Waals surface area contributed by atoms with Gasteiger partial charge < -0.3 is 19.8 Å². The first-order chi connectivity index (χ1) is 12.2. The molecule has 0 bridgehead atoms. The molecule has 1 saturated heterocycles. The van der Waals surface area contributed by atoms with Crippen molar-refractivity contribution in [1.82, 2.24) is 15.5 Å². The number of ether oxygens (including phenoxy) is 1. The van der Waals surface area contributed by atoms with Gasteiger partial charge in [-0.05, 0) is 49.9 Å². The van der Waals surface area contributed by atoms with E-state index >= 15 is 0 Å². The number of aryl methyl sites for hydroxylation is 1. The highest BCUT2D eigenvalue weighted by atomic mass is 16.5. The highest BCUT2D eigenvalue weighted by molar-refractivity contribution is 5.89. The van der Waals surface area contributed by atoms with Gasteiger partial charge in [-0.1, -0.05) is 0 Å². The second kappa shape index (κ2) is 6.84. The van der Waals surface area contributed by atoms with Crippen molar-refractivity contribution in [3.63, 3.8) is 0 Å².